The molecular weight excluding hydrogens is 388 g/mol. The van der Waals surface area contributed by atoms with E-state index in [-0.39, 0.29) is 11.8 Å². The molecule has 1 N–H and O–H groups in total. The number of hydrogen-bond acceptors (Lipinski definition) is 3. The number of carbonyl (C=O) groups excluding carboxylic acids is 1. The maximum Gasteiger partial charge on any atom is 0.227 e. The van der Waals surface area contributed by atoms with Crippen molar-refractivity contribution in [3.63, 3.8) is 0 Å². The van der Waals surface area contributed by atoms with Crippen LogP contribution < -0.4 is 5.32 Å². The minimum atomic E-state index is 0.163. The van der Waals surface area contributed by atoms with E-state index in [2.05, 4.69) is 16.8 Å². The van der Waals surface area contributed by atoms with Crippen LogP contribution in [0.15, 0.2) is 17.6 Å². The fourth-order valence-electron chi connectivity index (χ4n) is 5.49. The van der Waals surface area contributed by atoms with Crippen molar-refractivity contribution in [1.82, 2.24) is 4.98 Å². The zero-order chi connectivity index (χ0) is 20.6. The Hall–Kier alpha value is -1.42. The highest BCUT2D eigenvalue weighted by atomic mass is 32.1. The second-order valence-electron chi connectivity index (χ2n) is 9.50. The summed E-state index contributed by atoms with van der Waals surface area (Å²) in [5.74, 6) is 0.942. The molecule has 0 spiro atoms. The lowest BCUT2D eigenvalue weighted by Crippen LogP contribution is -2.24. The lowest BCUT2D eigenvalue weighted by atomic mass is 9.88. The molecule has 2 aromatic rings. The molecule has 0 aliphatic heterocycles. The fourth-order valence-corrected chi connectivity index (χ4v) is 6.47. The average Bonchev–Trinajstić information content (AvgIpc) is 3.30. The van der Waals surface area contributed by atoms with Crippen molar-refractivity contribution in [3.8, 4) is 0 Å². The Kier molecular flexibility index (Phi) is 8.19. The molecule has 2 aliphatic rings. The summed E-state index contributed by atoms with van der Waals surface area (Å²) in [4.78, 5) is 18.0. The molecule has 1 amide bonds. The molecule has 2 heterocycles. The van der Waals surface area contributed by atoms with Crippen molar-refractivity contribution in [2.24, 2.45) is 5.92 Å². The van der Waals surface area contributed by atoms with Gasteiger partial charge in [-0.1, -0.05) is 77.0 Å². The van der Waals surface area contributed by atoms with E-state index in [0.29, 0.717) is 5.92 Å². The molecule has 0 aromatic carbocycles. The molecule has 2 aliphatic carbocycles. The molecule has 3 nitrogen and oxygen atoms in total. The van der Waals surface area contributed by atoms with Crippen LogP contribution in [-0.4, -0.2) is 10.9 Å². The molecule has 2 saturated carbocycles. The van der Waals surface area contributed by atoms with Gasteiger partial charge in [-0.2, -0.15) is 0 Å². The van der Waals surface area contributed by atoms with Gasteiger partial charge in [0.2, 0.25) is 5.91 Å². The lowest BCUT2D eigenvalue weighted by molar-refractivity contribution is -0.120. The molecule has 0 saturated heterocycles. The molecule has 0 unspecified atom stereocenters. The van der Waals surface area contributed by atoms with Crippen LogP contribution in [0.2, 0.25) is 0 Å². The van der Waals surface area contributed by atoms with Gasteiger partial charge in [-0.25, -0.2) is 0 Å². The number of fused-ring (bicyclic) bond motifs is 1. The zero-order valence-corrected chi connectivity index (χ0v) is 19.3. The first-order valence-corrected chi connectivity index (χ1v) is 13.4. The second-order valence-corrected chi connectivity index (χ2v) is 10.4. The quantitative estimate of drug-likeness (QED) is 0.537. The van der Waals surface area contributed by atoms with Crippen molar-refractivity contribution in [1.29, 1.82) is 0 Å². The number of amides is 1. The van der Waals surface area contributed by atoms with Gasteiger partial charge in [0, 0.05) is 5.92 Å². The second kappa shape index (κ2) is 11.3. The Morgan fingerprint density at radius 2 is 1.40 bits per heavy atom. The highest BCUT2D eigenvalue weighted by Crippen LogP contribution is 2.40. The molecule has 2 aromatic heterocycles. The lowest BCUT2D eigenvalue weighted by Gasteiger charge is -2.23. The third-order valence-corrected chi connectivity index (χ3v) is 8.20. The average molecular weight is 427 g/mol. The molecule has 2 fully saturated rings. The molecule has 0 bridgehead atoms. The Morgan fingerprint density at radius 3 is 2.03 bits per heavy atom. The number of anilines is 1. The third kappa shape index (κ3) is 5.63. The number of thiophene rings is 1. The first kappa shape index (κ1) is 21.8. The highest BCUT2D eigenvalue weighted by Gasteiger charge is 2.24. The summed E-state index contributed by atoms with van der Waals surface area (Å²) in [5.41, 5.74) is 3.47. The van der Waals surface area contributed by atoms with Crippen LogP contribution in [0.5, 0.6) is 0 Å². The molecule has 0 radical (unpaired) electrons. The van der Waals surface area contributed by atoms with Gasteiger partial charge in [0.1, 0.15) is 0 Å². The number of nitrogens with one attached hydrogen (secondary N) is 1. The van der Waals surface area contributed by atoms with Crippen LogP contribution in [-0.2, 0) is 4.79 Å². The summed E-state index contributed by atoms with van der Waals surface area (Å²) >= 11 is 1.80. The van der Waals surface area contributed by atoms with Crippen LogP contribution in [0.25, 0.3) is 10.2 Å². The maximum atomic E-state index is 13.3. The topological polar surface area (TPSA) is 42.0 Å². The van der Waals surface area contributed by atoms with E-state index >= 15 is 0 Å². The van der Waals surface area contributed by atoms with E-state index in [4.69, 9.17) is 4.98 Å². The summed E-state index contributed by atoms with van der Waals surface area (Å²) in [6.07, 6.45) is 22.2. The highest BCUT2D eigenvalue weighted by molar-refractivity contribution is 7.17. The number of rotatable bonds is 3. The van der Waals surface area contributed by atoms with Crippen LogP contribution in [0.3, 0.4) is 0 Å². The molecule has 4 heteroatoms. The summed E-state index contributed by atoms with van der Waals surface area (Å²) in [5, 5.41) is 5.54. The minimum absolute atomic E-state index is 0.163. The summed E-state index contributed by atoms with van der Waals surface area (Å²) in [7, 11) is 0. The Morgan fingerprint density at radius 1 is 0.833 bits per heavy atom. The summed E-state index contributed by atoms with van der Waals surface area (Å²) in [6.45, 7) is 0. The van der Waals surface area contributed by atoms with Crippen molar-refractivity contribution in [2.45, 2.75) is 109 Å². The predicted molar refractivity (Wildman–Crippen MR) is 128 cm³/mol. The van der Waals surface area contributed by atoms with Gasteiger partial charge in [0.05, 0.1) is 22.1 Å². The first-order valence-electron chi connectivity index (χ1n) is 12.5. The molecule has 30 heavy (non-hydrogen) atoms. The first-order chi connectivity index (χ1) is 14.8. The van der Waals surface area contributed by atoms with Crippen molar-refractivity contribution < 1.29 is 4.79 Å². The summed E-state index contributed by atoms with van der Waals surface area (Å²) in [6, 6.07) is 2.13. The SMILES string of the molecule is O=C(Nc1cnc2ccsc2c1C1CCCCCCCC1)C1CCCCCCCC1. The number of hydrogen-bond donors (Lipinski definition) is 1. The van der Waals surface area contributed by atoms with Gasteiger partial charge < -0.3 is 5.32 Å². The largest absolute Gasteiger partial charge is 0.324 e. The molecule has 164 valence electrons. The Labute approximate surface area is 186 Å². The van der Waals surface area contributed by atoms with Crippen molar-refractivity contribution in [2.75, 3.05) is 5.32 Å². The molecular formula is C26H38N2OS. The van der Waals surface area contributed by atoms with Crippen LogP contribution in [0.1, 0.15) is 114 Å². The zero-order valence-electron chi connectivity index (χ0n) is 18.5. The standard InChI is InChI=1S/C26H38N2OS/c29-26(21-15-11-7-3-4-8-12-16-21)28-23-19-27-22-17-18-30-25(22)24(23)20-13-9-5-1-2-6-10-14-20/h17-21H,1-16H2,(H,28,29). The molecule has 0 atom stereocenters. The van der Waals surface area contributed by atoms with E-state index in [0.717, 1.165) is 24.0 Å². The van der Waals surface area contributed by atoms with Gasteiger partial charge in [0.25, 0.3) is 0 Å². The summed E-state index contributed by atoms with van der Waals surface area (Å²) < 4.78 is 1.30. The van der Waals surface area contributed by atoms with E-state index < -0.39 is 0 Å². The monoisotopic (exact) mass is 426 g/mol. The van der Waals surface area contributed by atoms with E-state index in [1.165, 1.54) is 100 Å². The number of carbonyl (C=O) groups is 1. The Bertz CT molecular complexity index is 794. The number of nitrogens with zero attached hydrogens (tertiary/aromatic N) is 1. The van der Waals surface area contributed by atoms with Gasteiger partial charge in [-0.05, 0) is 48.6 Å². The smallest absolute Gasteiger partial charge is 0.227 e. The molecule has 4 rings (SSSR count). The maximum absolute atomic E-state index is 13.3. The van der Waals surface area contributed by atoms with Crippen LogP contribution in [0.4, 0.5) is 5.69 Å². The van der Waals surface area contributed by atoms with Crippen LogP contribution >= 0.6 is 11.3 Å². The van der Waals surface area contributed by atoms with Crippen molar-refractivity contribution in [3.05, 3.63) is 23.2 Å². The predicted octanol–water partition coefficient (Wildman–Crippen LogP) is 8.20. The van der Waals surface area contributed by atoms with E-state index in [1.807, 2.05) is 6.20 Å². The number of pyridine rings is 1. The van der Waals surface area contributed by atoms with Crippen molar-refractivity contribution >= 4 is 33.1 Å². The normalized spacial score (nSPS) is 21.1. The number of aromatic nitrogens is 1. The van der Waals surface area contributed by atoms with E-state index in [1.54, 1.807) is 11.3 Å². The van der Waals surface area contributed by atoms with Gasteiger partial charge in [0.15, 0.2) is 0 Å². The van der Waals surface area contributed by atoms with E-state index in [9.17, 15) is 4.79 Å². The van der Waals surface area contributed by atoms with Crippen LogP contribution in [0, 0.1) is 5.92 Å². The van der Waals surface area contributed by atoms with Gasteiger partial charge >= 0.3 is 0 Å². The van der Waals surface area contributed by atoms with Gasteiger partial charge in [-0.15, -0.1) is 11.3 Å². The fraction of sp³-hybridized carbons (Fsp3) is 0.692. The van der Waals surface area contributed by atoms with Gasteiger partial charge in [-0.3, -0.25) is 9.78 Å². The Balaban J connectivity index is 1.58. The third-order valence-electron chi connectivity index (χ3n) is 7.26. The minimum Gasteiger partial charge on any atom is -0.324 e.